The van der Waals surface area contributed by atoms with Crippen LogP contribution < -0.4 is 5.32 Å². The van der Waals surface area contributed by atoms with Crippen LogP contribution in [0.2, 0.25) is 0 Å². The van der Waals surface area contributed by atoms with E-state index in [4.69, 9.17) is 5.11 Å². The lowest BCUT2D eigenvalue weighted by atomic mass is 9.99. The number of aliphatic carboxylic acids is 1. The molecule has 2 unspecified atom stereocenters. The SMILES string of the molecule is O=C(O)CCN1CC2CCC1CCN2. The second kappa shape index (κ2) is 4.28. The highest BCUT2D eigenvalue weighted by atomic mass is 16.4. The topological polar surface area (TPSA) is 52.6 Å². The highest BCUT2D eigenvalue weighted by molar-refractivity contribution is 5.66. The lowest BCUT2D eigenvalue weighted by molar-refractivity contribution is -0.137. The molecule has 0 saturated carbocycles. The number of fused-ring (bicyclic) bond motifs is 4. The molecule has 3 heterocycles. The number of rotatable bonds is 3. The van der Waals surface area contributed by atoms with Crippen molar-refractivity contribution in [3.05, 3.63) is 0 Å². The van der Waals surface area contributed by atoms with E-state index in [1.165, 1.54) is 19.3 Å². The summed E-state index contributed by atoms with van der Waals surface area (Å²) in [5, 5.41) is 12.1. The minimum atomic E-state index is -0.682. The van der Waals surface area contributed by atoms with E-state index in [2.05, 4.69) is 10.2 Å². The lowest BCUT2D eigenvalue weighted by Crippen LogP contribution is -2.46. The van der Waals surface area contributed by atoms with Gasteiger partial charge in [0.05, 0.1) is 6.42 Å². The van der Waals surface area contributed by atoms with Gasteiger partial charge in [-0.15, -0.1) is 0 Å². The molecule has 0 amide bonds. The summed E-state index contributed by atoms with van der Waals surface area (Å²) in [6.45, 7) is 2.86. The highest BCUT2D eigenvalue weighted by Gasteiger charge is 2.30. The van der Waals surface area contributed by atoms with E-state index in [0.717, 1.165) is 19.6 Å². The summed E-state index contributed by atoms with van der Waals surface area (Å²) in [6.07, 6.45) is 3.95. The molecule has 4 nitrogen and oxygen atoms in total. The van der Waals surface area contributed by atoms with Gasteiger partial charge in [-0.2, -0.15) is 0 Å². The largest absolute Gasteiger partial charge is 0.481 e. The molecule has 2 atom stereocenters. The Morgan fingerprint density at radius 2 is 2.29 bits per heavy atom. The minimum Gasteiger partial charge on any atom is -0.481 e. The first-order valence-corrected chi connectivity index (χ1v) is 5.45. The molecule has 80 valence electrons. The predicted octanol–water partition coefficient (Wildman–Crippen LogP) is 0.287. The van der Waals surface area contributed by atoms with Crippen LogP contribution in [-0.2, 0) is 4.79 Å². The fraction of sp³-hybridized carbons (Fsp3) is 0.900. The number of carboxylic acid groups (broad SMARTS) is 1. The van der Waals surface area contributed by atoms with Gasteiger partial charge in [0.15, 0.2) is 0 Å². The smallest absolute Gasteiger partial charge is 0.304 e. The number of carbonyl (C=O) groups is 1. The van der Waals surface area contributed by atoms with Gasteiger partial charge in [0, 0.05) is 25.2 Å². The number of nitrogens with one attached hydrogen (secondary N) is 1. The van der Waals surface area contributed by atoms with Crippen molar-refractivity contribution in [2.24, 2.45) is 0 Å². The fourth-order valence-corrected chi connectivity index (χ4v) is 2.56. The maximum Gasteiger partial charge on any atom is 0.304 e. The summed E-state index contributed by atoms with van der Waals surface area (Å²) in [5.41, 5.74) is 0. The van der Waals surface area contributed by atoms with Crippen molar-refractivity contribution < 1.29 is 9.90 Å². The van der Waals surface area contributed by atoms with Crippen molar-refractivity contribution in [2.45, 2.75) is 37.8 Å². The molecule has 0 aromatic heterocycles. The van der Waals surface area contributed by atoms with Crippen molar-refractivity contribution in [1.29, 1.82) is 0 Å². The maximum atomic E-state index is 10.5. The summed E-state index contributed by atoms with van der Waals surface area (Å²) in [4.78, 5) is 12.8. The summed E-state index contributed by atoms with van der Waals surface area (Å²) in [7, 11) is 0. The van der Waals surface area contributed by atoms with Crippen LogP contribution in [0.5, 0.6) is 0 Å². The zero-order chi connectivity index (χ0) is 9.97. The second-order valence-corrected chi connectivity index (χ2v) is 4.31. The van der Waals surface area contributed by atoms with Gasteiger partial charge in [-0.05, 0) is 25.8 Å². The zero-order valence-corrected chi connectivity index (χ0v) is 8.41. The Morgan fingerprint density at radius 1 is 1.43 bits per heavy atom. The van der Waals surface area contributed by atoms with Crippen LogP contribution in [0.1, 0.15) is 25.7 Å². The first-order valence-electron chi connectivity index (χ1n) is 5.45. The molecule has 0 aliphatic carbocycles. The molecule has 4 heteroatoms. The van der Waals surface area contributed by atoms with E-state index in [-0.39, 0.29) is 6.42 Å². The first-order chi connectivity index (χ1) is 6.75. The van der Waals surface area contributed by atoms with E-state index in [1.54, 1.807) is 0 Å². The van der Waals surface area contributed by atoms with Crippen LogP contribution in [0.3, 0.4) is 0 Å². The van der Waals surface area contributed by atoms with Gasteiger partial charge >= 0.3 is 5.97 Å². The van der Waals surface area contributed by atoms with Crippen LogP contribution >= 0.6 is 0 Å². The molecule has 3 saturated heterocycles. The van der Waals surface area contributed by atoms with Crippen molar-refractivity contribution in [1.82, 2.24) is 10.2 Å². The van der Waals surface area contributed by atoms with E-state index < -0.39 is 5.97 Å². The molecule has 0 radical (unpaired) electrons. The lowest BCUT2D eigenvalue weighted by Gasteiger charge is -2.35. The second-order valence-electron chi connectivity index (χ2n) is 4.31. The molecule has 2 bridgehead atoms. The predicted molar refractivity (Wildman–Crippen MR) is 53.3 cm³/mol. The van der Waals surface area contributed by atoms with Gasteiger partial charge in [0.25, 0.3) is 0 Å². The van der Waals surface area contributed by atoms with Crippen LogP contribution in [0.4, 0.5) is 0 Å². The van der Waals surface area contributed by atoms with E-state index in [1.807, 2.05) is 0 Å². The van der Waals surface area contributed by atoms with Gasteiger partial charge < -0.3 is 10.4 Å². The molecule has 0 aromatic rings. The van der Waals surface area contributed by atoms with Crippen LogP contribution in [0.25, 0.3) is 0 Å². The van der Waals surface area contributed by atoms with Gasteiger partial charge in [0.1, 0.15) is 0 Å². The molecule has 2 N–H and O–H groups in total. The molecular formula is C10H18N2O2. The molecule has 3 fully saturated rings. The molecule has 3 aliphatic rings. The quantitative estimate of drug-likeness (QED) is 0.684. The Bertz CT molecular complexity index is 216. The number of nitrogens with zero attached hydrogens (tertiary/aromatic N) is 1. The van der Waals surface area contributed by atoms with Crippen LogP contribution in [-0.4, -0.2) is 47.7 Å². The fourth-order valence-electron chi connectivity index (χ4n) is 2.56. The Balaban J connectivity index is 1.88. The van der Waals surface area contributed by atoms with Crippen molar-refractivity contribution >= 4 is 5.97 Å². The number of hydrogen-bond donors (Lipinski definition) is 2. The molecular weight excluding hydrogens is 180 g/mol. The minimum absolute atomic E-state index is 0.281. The molecule has 0 spiro atoms. The summed E-state index contributed by atoms with van der Waals surface area (Å²) >= 11 is 0. The van der Waals surface area contributed by atoms with Gasteiger partial charge in [-0.1, -0.05) is 0 Å². The molecule has 0 aromatic carbocycles. The maximum absolute atomic E-state index is 10.5. The van der Waals surface area contributed by atoms with Crippen LogP contribution in [0, 0.1) is 0 Å². The van der Waals surface area contributed by atoms with Gasteiger partial charge in [-0.25, -0.2) is 0 Å². The summed E-state index contributed by atoms with van der Waals surface area (Å²) in [5.74, 6) is -0.682. The van der Waals surface area contributed by atoms with Crippen molar-refractivity contribution in [3.8, 4) is 0 Å². The Hall–Kier alpha value is -0.610. The number of hydrogen-bond acceptors (Lipinski definition) is 3. The molecule has 14 heavy (non-hydrogen) atoms. The average Bonchev–Trinajstić information content (AvgIpc) is 2.48. The third-order valence-electron chi connectivity index (χ3n) is 3.34. The Kier molecular flexibility index (Phi) is 3.03. The zero-order valence-electron chi connectivity index (χ0n) is 8.41. The van der Waals surface area contributed by atoms with E-state index in [0.29, 0.717) is 12.1 Å². The van der Waals surface area contributed by atoms with Crippen LogP contribution in [0.15, 0.2) is 0 Å². The summed E-state index contributed by atoms with van der Waals surface area (Å²) < 4.78 is 0. The number of carboxylic acids is 1. The van der Waals surface area contributed by atoms with Gasteiger partial charge in [-0.3, -0.25) is 9.69 Å². The van der Waals surface area contributed by atoms with Gasteiger partial charge in [0.2, 0.25) is 0 Å². The first kappa shape index (κ1) is 9.93. The van der Waals surface area contributed by atoms with Crippen molar-refractivity contribution in [3.63, 3.8) is 0 Å². The highest BCUT2D eigenvalue weighted by Crippen LogP contribution is 2.23. The molecule has 3 rings (SSSR count). The third-order valence-corrected chi connectivity index (χ3v) is 3.34. The van der Waals surface area contributed by atoms with E-state index in [9.17, 15) is 4.79 Å². The number of piperidine rings is 1. The summed E-state index contributed by atoms with van der Waals surface area (Å²) in [6, 6.07) is 1.23. The third kappa shape index (κ3) is 2.25. The molecule has 3 aliphatic heterocycles. The van der Waals surface area contributed by atoms with E-state index >= 15 is 0 Å². The average molecular weight is 198 g/mol. The monoisotopic (exact) mass is 198 g/mol. The normalized spacial score (nSPS) is 32.9. The van der Waals surface area contributed by atoms with Crippen molar-refractivity contribution in [2.75, 3.05) is 19.6 Å². The Morgan fingerprint density at radius 3 is 3.07 bits per heavy atom. The Labute approximate surface area is 84.3 Å². The standard InChI is InChI=1S/C10H18N2O2/c13-10(14)4-6-12-7-8-1-2-9(12)3-5-11-8/h8-9,11H,1-7H2,(H,13,14).